The van der Waals surface area contributed by atoms with Gasteiger partial charge in [-0.05, 0) is 53.1 Å². The van der Waals surface area contributed by atoms with Gasteiger partial charge in [0.05, 0.1) is 0 Å². The van der Waals surface area contributed by atoms with E-state index in [1.807, 2.05) is 12.1 Å². The van der Waals surface area contributed by atoms with Crippen molar-refractivity contribution in [3.05, 3.63) is 27.3 Å². The highest BCUT2D eigenvalue weighted by Gasteiger charge is 2.02. The van der Waals surface area contributed by atoms with E-state index in [4.69, 9.17) is 11.6 Å². The Morgan fingerprint density at radius 2 is 2.17 bits per heavy atom. The Morgan fingerprint density at radius 1 is 1.42 bits per heavy atom. The van der Waals surface area contributed by atoms with E-state index in [1.165, 1.54) is 9.13 Å². The second kappa shape index (κ2) is 5.35. The molecular formula is C9H10ClIS. The standard InChI is InChI=1S/C9H10ClIS/c10-6-2-3-7-8(11)4-1-5-9(7)12/h1,4-5,12H,2-3,6H2. The van der Waals surface area contributed by atoms with Crippen molar-refractivity contribution < 1.29 is 0 Å². The van der Waals surface area contributed by atoms with Crippen LogP contribution in [0, 0.1) is 3.57 Å². The van der Waals surface area contributed by atoms with Crippen LogP contribution in [0.4, 0.5) is 0 Å². The third kappa shape index (κ3) is 2.82. The lowest BCUT2D eigenvalue weighted by atomic mass is 10.1. The van der Waals surface area contributed by atoms with Crippen molar-refractivity contribution in [1.82, 2.24) is 0 Å². The monoisotopic (exact) mass is 312 g/mol. The molecule has 1 rings (SSSR count). The zero-order valence-electron chi connectivity index (χ0n) is 6.56. The summed E-state index contributed by atoms with van der Waals surface area (Å²) in [5.74, 6) is 0.720. The van der Waals surface area contributed by atoms with Gasteiger partial charge in [0.1, 0.15) is 0 Å². The van der Waals surface area contributed by atoms with Crippen LogP contribution in [0.25, 0.3) is 0 Å². The van der Waals surface area contributed by atoms with Crippen molar-refractivity contribution in [3.8, 4) is 0 Å². The van der Waals surface area contributed by atoms with E-state index in [2.05, 4.69) is 41.3 Å². The summed E-state index contributed by atoms with van der Waals surface area (Å²) in [7, 11) is 0. The van der Waals surface area contributed by atoms with E-state index in [-0.39, 0.29) is 0 Å². The van der Waals surface area contributed by atoms with Crippen LogP contribution < -0.4 is 0 Å². The van der Waals surface area contributed by atoms with Gasteiger partial charge in [0.15, 0.2) is 0 Å². The van der Waals surface area contributed by atoms with Crippen LogP contribution >= 0.6 is 46.8 Å². The first kappa shape index (κ1) is 10.7. The molecule has 0 fully saturated rings. The molecule has 3 heteroatoms. The smallest absolute Gasteiger partial charge is 0.0226 e. The molecule has 1 aromatic carbocycles. The second-order valence-corrected chi connectivity index (χ2v) is 4.55. The maximum absolute atomic E-state index is 5.63. The molecule has 0 nitrogen and oxygen atoms in total. The van der Waals surface area contributed by atoms with Crippen LogP contribution in [0.5, 0.6) is 0 Å². The van der Waals surface area contributed by atoms with Gasteiger partial charge in [0.2, 0.25) is 0 Å². The summed E-state index contributed by atoms with van der Waals surface area (Å²) < 4.78 is 1.28. The van der Waals surface area contributed by atoms with E-state index in [0.717, 1.165) is 23.6 Å². The highest BCUT2D eigenvalue weighted by molar-refractivity contribution is 14.1. The average molecular weight is 313 g/mol. The average Bonchev–Trinajstić information content (AvgIpc) is 2.04. The SMILES string of the molecule is Sc1cccc(I)c1CCCCl. The van der Waals surface area contributed by atoms with Gasteiger partial charge in [-0.25, -0.2) is 0 Å². The van der Waals surface area contributed by atoms with Crippen LogP contribution in [-0.2, 0) is 6.42 Å². The minimum atomic E-state index is 0.720. The molecule has 0 aliphatic heterocycles. The first-order valence-electron chi connectivity index (χ1n) is 3.78. The Kier molecular flexibility index (Phi) is 4.75. The fraction of sp³-hybridized carbons (Fsp3) is 0.333. The highest BCUT2D eigenvalue weighted by Crippen LogP contribution is 2.21. The van der Waals surface area contributed by atoms with Crippen molar-refractivity contribution in [2.45, 2.75) is 17.7 Å². The number of halogens is 2. The summed E-state index contributed by atoms with van der Waals surface area (Å²) in [5.41, 5.74) is 1.32. The Labute approximate surface area is 97.2 Å². The van der Waals surface area contributed by atoms with Gasteiger partial charge < -0.3 is 0 Å². The third-order valence-corrected chi connectivity index (χ3v) is 3.35. The zero-order chi connectivity index (χ0) is 8.97. The quantitative estimate of drug-likeness (QED) is 0.490. The van der Waals surface area contributed by atoms with Crippen molar-refractivity contribution >= 4 is 46.8 Å². The number of benzene rings is 1. The van der Waals surface area contributed by atoms with Crippen molar-refractivity contribution in [2.75, 3.05) is 5.88 Å². The Morgan fingerprint density at radius 3 is 2.75 bits per heavy atom. The van der Waals surface area contributed by atoms with Crippen LogP contribution in [0.15, 0.2) is 23.1 Å². The van der Waals surface area contributed by atoms with Gasteiger partial charge in [-0.2, -0.15) is 0 Å². The molecule has 0 aliphatic rings. The number of rotatable bonds is 3. The van der Waals surface area contributed by atoms with Gasteiger partial charge in [0.25, 0.3) is 0 Å². The molecule has 0 bridgehead atoms. The van der Waals surface area contributed by atoms with Gasteiger partial charge in [0, 0.05) is 14.3 Å². The first-order valence-corrected chi connectivity index (χ1v) is 5.84. The topological polar surface area (TPSA) is 0 Å². The largest absolute Gasteiger partial charge is 0.143 e. The molecule has 0 aliphatic carbocycles. The van der Waals surface area contributed by atoms with E-state index in [9.17, 15) is 0 Å². The summed E-state index contributed by atoms with van der Waals surface area (Å²) in [4.78, 5) is 1.08. The van der Waals surface area contributed by atoms with Crippen LogP contribution in [-0.4, -0.2) is 5.88 Å². The number of alkyl halides is 1. The van der Waals surface area contributed by atoms with Crippen LogP contribution in [0.1, 0.15) is 12.0 Å². The second-order valence-electron chi connectivity index (χ2n) is 2.53. The summed E-state index contributed by atoms with van der Waals surface area (Å²) in [6.45, 7) is 0. The lowest BCUT2D eigenvalue weighted by Crippen LogP contribution is -1.91. The number of hydrogen-bond acceptors (Lipinski definition) is 1. The Hall–Kier alpha value is 0.590. The van der Waals surface area contributed by atoms with Crippen LogP contribution in [0.2, 0.25) is 0 Å². The normalized spacial score (nSPS) is 10.2. The molecule has 0 unspecified atom stereocenters. The highest BCUT2D eigenvalue weighted by atomic mass is 127. The molecule has 0 saturated heterocycles. The fourth-order valence-electron chi connectivity index (χ4n) is 1.04. The minimum Gasteiger partial charge on any atom is -0.143 e. The first-order chi connectivity index (χ1) is 5.75. The molecule has 12 heavy (non-hydrogen) atoms. The maximum atomic E-state index is 5.63. The Bertz CT molecular complexity index is 242. The molecule has 0 amide bonds. The molecule has 0 aromatic heterocycles. The fourth-order valence-corrected chi connectivity index (χ4v) is 2.47. The molecule has 0 N–H and O–H groups in total. The van der Waals surface area contributed by atoms with Crippen LogP contribution in [0.3, 0.4) is 0 Å². The molecule has 1 aromatic rings. The molecule has 0 spiro atoms. The van der Waals surface area contributed by atoms with E-state index in [1.54, 1.807) is 0 Å². The molecule has 0 atom stereocenters. The molecule has 0 radical (unpaired) electrons. The van der Waals surface area contributed by atoms with Crippen molar-refractivity contribution in [1.29, 1.82) is 0 Å². The van der Waals surface area contributed by atoms with E-state index >= 15 is 0 Å². The van der Waals surface area contributed by atoms with Crippen molar-refractivity contribution in [2.24, 2.45) is 0 Å². The maximum Gasteiger partial charge on any atom is 0.0226 e. The number of hydrogen-bond donors (Lipinski definition) is 1. The molecule has 66 valence electrons. The van der Waals surface area contributed by atoms with Gasteiger partial charge in [-0.15, -0.1) is 24.2 Å². The summed E-state index contributed by atoms with van der Waals surface area (Å²) >= 11 is 12.4. The zero-order valence-corrected chi connectivity index (χ0v) is 10.4. The van der Waals surface area contributed by atoms with Gasteiger partial charge >= 0.3 is 0 Å². The van der Waals surface area contributed by atoms with Gasteiger partial charge in [-0.3, -0.25) is 0 Å². The number of thiol groups is 1. The lowest BCUT2D eigenvalue weighted by molar-refractivity contribution is 0.901. The third-order valence-electron chi connectivity index (χ3n) is 1.65. The lowest BCUT2D eigenvalue weighted by Gasteiger charge is -2.05. The van der Waals surface area contributed by atoms with Gasteiger partial charge in [-0.1, -0.05) is 6.07 Å². The minimum absolute atomic E-state index is 0.720. The van der Waals surface area contributed by atoms with E-state index < -0.39 is 0 Å². The predicted octanol–water partition coefficient (Wildman–Crippen LogP) is 3.75. The molecule has 0 saturated carbocycles. The van der Waals surface area contributed by atoms with E-state index in [0.29, 0.717) is 0 Å². The summed E-state index contributed by atoms with van der Waals surface area (Å²) in [6, 6.07) is 6.15. The summed E-state index contributed by atoms with van der Waals surface area (Å²) in [6.07, 6.45) is 2.05. The Balaban J connectivity index is 2.81. The summed E-state index contributed by atoms with van der Waals surface area (Å²) in [5, 5.41) is 0. The molecule has 0 heterocycles. The predicted molar refractivity (Wildman–Crippen MR) is 65.5 cm³/mol. The van der Waals surface area contributed by atoms with Crippen molar-refractivity contribution in [3.63, 3.8) is 0 Å². The molecular weight excluding hydrogens is 303 g/mol.